The molecule has 4 nitrogen and oxygen atoms in total. The van der Waals surface area contributed by atoms with Crippen LogP contribution in [0.2, 0.25) is 0 Å². The van der Waals surface area contributed by atoms with E-state index in [-0.39, 0.29) is 0 Å². The molecule has 116 valence electrons. The van der Waals surface area contributed by atoms with E-state index < -0.39 is 0 Å². The number of hydrogen-bond acceptors (Lipinski definition) is 3. The van der Waals surface area contributed by atoms with Gasteiger partial charge in [0.25, 0.3) is 0 Å². The number of nitrogens with one attached hydrogen (secondary N) is 1. The number of benzene rings is 1. The maximum atomic E-state index is 4.58. The van der Waals surface area contributed by atoms with Gasteiger partial charge in [-0.1, -0.05) is 18.2 Å². The molecule has 1 aromatic heterocycles. The van der Waals surface area contributed by atoms with Gasteiger partial charge in [0.05, 0.1) is 11.7 Å². The normalized spacial score (nSPS) is 19.1. The van der Waals surface area contributed by atoms with Crippen molar-refractivity contribution in [1.29, 1.82) is 0 Å². The van der Waals surface area contributed by atoms with Crippen LogP contribution >= 0.6 is 0 Å². The zero-order valence-electron chi connectivity index (χ0n) is 13.3. The van der Waals surface area contributed by atoms with Gasteiger partial charge in [-0.15, -0.1) is 0 Å². The SMILES string of the molecule is Cc1ccn(C2CCN(Cc3cccc4c3NCC4)CC2)n1. The standard InChI is InChI=1S/C18H24N4/c1-14-6-12-22(20-14)17-7-10-21(11-8-17)13-16-4-2-3-15-5-9-19-18(15)16/h2-4,6,12,17,19H,5,7-11,13H2,1H3. The van der Waals surface area contributed by atoms with Gasteiger partial charge in [0, 0.05) is 38.1 Å². The van der Waals surface area contributed by atoms with Gasteiger partial charge in [-0.05, 0) is 43.4 Å². The molecular formula is C18H24N4. The van der Waals surface area contributed by atoms with Gasteiger partial charge >= 0.3 is 0 Å². The third-order valence-electron chi connectivity index (χ3n) is 5.00. The molecule has 2 aromatic rings. The van der Waals surface area contributed by atoms with Gasteiger partial charge < -0.3 is 5.32 Å². The monoisotopic (exact) mass is 296 g/mol. The molecule has 1 fully saturated rings. The lowest BCUT2D eigenvalue weighted by Gasteiger charge is -2.32. The molecule has 1 saturated heterocycles. The van der Waals surface area contributed by atoms with E-state index in [0.717, 1.165) is 31.9 Å². The second-order valence-corrected chi connectivity index (χ2v) is 6.57. The highest BCUT2D eigenvalue weighted by Crippen LogP contribution is 2.29. The van der Waals surface area contributed by atoms with Gasteiger partial charge in [0.15, 0.2) is 0 Å². The largest absolute Gasteiger partial charge is 0.384 e. The van der Waals surface area contributed by atoms with Gasteiger partial charge in [-0.2, -0.15) is 5.10 Å². The predicted octanol–water partition coefficient (Wildman–Crippen LogP) is 3.00. The van der Waals surface area contributed by atoms with E-state index in [1.54, 1.807) is 0 Å². The van der Waals surface area contributed by atoms with Crippen LogP contribution in [-0.2, 0) is 13.0 Å². The van der Waals surface area contributed by atoms with Crippen LogP contribution in [0.15, 0.2) is 30.5 Å². The van der Waals surface area contributed by atoms with Crippen molar-refractivity contribution in [3.63, 3.8) is 0 Å². The molecule has 0 spiro atoms. The summed E-state index contributed by atoms with van der Waals surface area (Å²) in [6.07, 6.45) is 5.70. The lowest BCUT2D eigenvalue weighted by atomic mass is 10.0. The molecule has 0 bridgehead atoms. The first kappa shape index (κ1) is 13.8. The van der Waals surface area contributed by atoms with Crippen molar-refractivity contribution in [3.8, 4) is 0 Å². The Bertz CT molecular complexity index is 653. The van der Waals surface area contributed by atoms with Crippen LogP contribution in [0.1, 0.15) is 35.7 Å². The van der Waals surface area contributed by atoms with Crippen molar-refractivity contribution in [2.75, 3.05) is 25.0 Å². The quantitative estimate of drug-likeness (QED) is 0.945. The number of para-hydroxylation sites is 1. The van der Waals surface area contributed by atoms with Crippen LogP contribution in [0.4, 0.5) is 5.69 Å². The first-order chi connectivity index (χ1) is 10.8. The van der Waals surface area contributed by atoms with Crippen molar-refractivity contribution in [2.24, 2.45) is 0 Å². The maximum Gasteiger partial charge on any atom is 0.0593 e. The average Bonchev–Trinajstić information content (AvgIpc) is 3.17. The molecule has 1 aromatic carbocycles. The zero-order valence-corrected chi connectivity index (χ0v) is 13.3. The van der Waals surface area contributed by atoms with E-state index in [0.29, 0.717) is 6.04 Å². The molecule has 3 heterocycles. The third kappa shape index (κ3) is 2.63. The van der Waals surface area contributed by atoms with E-state index in [1.807, 2.05) is 0 Å². The summed E-state index contributed by atoms with van der Waals surface area (Å²) in [5, 5.41) is 8.13. The fourth-order valence-electron chi connectivity index (χ4n) is 3.76. The third-order valence-corrected chi connectivity index (χ3v) is 5.00. The molecule has 1 N–H and O–H groups in total. The number of rotatable bonds is 3. The van der Waals surface area contributed by atoms with Crippen LogP contribution in [-0.4, -0.2) is 34.3 Å². The Labute approximate surface area is 132 Å². The molecule has 0 radical (unpaired) electrons. The molecule has 4 heteroatoms. The van der Waals surface area contributed by atoms with Crippen molar-refractivity contribution in [2.45, 2.75) is 38.8 Å². The highest BCUT2D eigenvalue weighted by molar-refractivity contribution is 5.61. The molecule has 0 unspecified atom stereocenters. The van der Waals surface area contributed by atoms with Crippen LogP contribution < -0.4 is 5.32 Å². The Morgan fingerprint density at radius 3 is 2.86 bits per heavy atom. The highest BCUT2D eigenvalue weighted by atomic mass is 15.3. The Morgan fingerprint density at radius 1 is 1.23 bits per heavy atom. The number of likely N-dealkylation sites (tertiary alicyclic amines) is 1. The van der Waals surface area contributed by atoms with E-state index in [2.05, 4.69) is 57.4 Å². The van der Waals surface area contributed by atoms with Crippen molar-refractivity contribution in [3.05, 3.63) is 47.3 Å². The average molecular weight is 296 g/mol. The fourth-order valence-corrected chi connectivity index (χ4v) is 3.76. The molecule has 2 aliphatic rings. The molecular weight excluding hydrogens is 272 g/mol. The molecule has 22 heavy (non-hydrogen) atoms. The molecule has 0 aliphatic carbocycles. The number of nitrogens with zero attached hydrogens (tertiary/aromatic N) is 3. The number of hydrogen-bond donors (Lipinski definition) is 1. The Kier molecular flexibility index (Phi) is 3.62. The van der Waals surface area contributed by atoms with E-state index in [9.17, 15) is 0 Å². The summed E-state index contributed by atoms with van der Waals surface area (Å²) in [5.74, 6) is 0. The van der Waals surface area contributed by atoms with Crippen molar-refractivity contribution >= 4 is 5.69 Å². The lowest BCUT2D eigenvalue weighted by molar-refractivity contribution is 0.173. The molecule has 0 amide bonds. The Hall–Kier alpha value is -1.81. The van der Waals surface area contributed by atoms with Gasteiger partial charge in [0.1, 0.15) is 0 Å². The number of aromatic nitrogens is 2. The van der Waals surface area contributed by atoms with E-state index >= 15 is 0 Å². The Morgan fingerprint density at radius 2 is 2.09 bits per heavy atom. The summed E-state index contributed by atoms with van der Waals surface area (Å²) < 4.78 is 2.16. The maximum absolute atomic E-state index is 4.58. The second kappa shape index (κ2) is 5.76. The van der Waals surface area contributed by atoms with Crippen LogP contribution in [0.25, 0.3) is 0 Å². The molecule has 0 atom stereocenters. The first-order valence-electron chi connectivity index (χ1n) is 8.38. The summed E-state index contributed by atoms with van der Waals surface area (Å²) in [6.45, 7) is 6.54. The summed E-state index contributed by atoms with van der Waals surface area (Å²) in [4.78, 5) is 2.59. The first-order valence-corrected chi connectivity index (χ1v) is 8.38. The summed E-state index contributed by atoms with van der Waals surface area (Å²) in [6, 6.07) is 9.42. The molecule has 2 aliphatic heterocycles. The summed E-state index contributed by atoms with van der Waals surface area (Å²) in [7, 11) is 0. The van der Waals surface area contributed by atoms with E-state index in [1.165, 1.54) is 36.1 Å². The van der Waals surface area contributed by atoms with Crippen molar-refractivity contribution in [1.82, 2.24) is 14.7 Å². The number of anilines is 1. The summed E-state index contributed by atoms with van der Waals surface area (Å²) in [5.41, 5.74) is 5.46. The van der Waals surface area contributed by atoms with Crippen LogP contribution in [0.5, 0.6) is 0 Å². The number of fused-ring (bicyclic) bond motifs is 1. The number of piperidine rings is 1. The van der Waals surface area contributed by atoms with Crippen molar-refractivity contribution < 1.29 is 0 Å². The lowest BCUT2D eigenvalue weighted by Crippen LogP contribution is -2.34. The van der Waals surface area contributed by atoms with Gasteiger partial charge in [-0.25, -0.2) is 0 Å². The Balaban J connectivity index is 1.39. The van der Waals surface area contributed by atoms with Gasteiger partial charge in [-0.3, -0.25) is 9.58 Å². The smallest absolute Gasteiger partial charge is 0.0593 e. The van der Waals surface area contributed by atoms with Crippen LogP contribution in [0.3, 0.4) is 0 Å². The topological polar surface area (TPSA) is 33.1 Å². The van der Waals surface area contributed by atoms with Crippen LogP contribution in [0, 0.1) is 6.92 Å². The second-order valence-electron chi connectivity index (χ2n) is 6.57. The molecule has 0 saturated carbocycles. The number of aryl methyl sites for hydroxylation is 1. The zero-order chi connectivity index (χ0) is 14.9. The van der Waals surface area contributed by atoms with Gasteiger partial charge in [0.2, 0.25) is 0 Å². The minimum absolute atomic E-state index is 0.574. The minimum atomic E-state index is 0.574. The molecule has 4 rings (SSSR count). The minimum Gasteiger partial charge on any atom is -0.384 e. The fraction of sp³-hybridized carbons (Fsp3) is 0.500. The predicted molar refractivity (Wildman–Crippen MR) is 89.1 cm³/mol. The summed E-state index contributed by atoms with van der Waals surface area (Å²) >= 11 is 0. The van der Waals surface area contributed by atoms with E-state index in [4.69, 9.17) is 0 Å². The highest BCUT2D eigenvalue weighted by Gasteiger charge is 2.22.